The van der Waals surface area contributed by atoms with Crippen LogP contribution in [0.3, 0.4) is 0 Å². The zero-order chi connectivity index (χ0) is 26.1. The third kappa shape index (κ3) is 4.85. The predicted molar refractivity (Wildman–Crippen MR) is 147 cm³/mol. The first-order chi connectivity index (χ1) is 17.1. The lowest BCUT2D eigenvalue weighted by Gasteiger charge is -2.16. The summed E-state index contributed by atoms with van der Waals surface area (Å²) in [6.45, 7) is 11.8. The van der Waals surface area contributed by atoms with E-state index in [4.69, 9.17) is 0 Å². The van der Waals surface area contributed by atoms with Crippen molar-refractivity contribution in [2.45, 2.75) is 41.5 Å². The second-order valence-electron chi connectivity index (χ2n) is 9.60. The maximum absolute atomic E-state index is 14.0. The van der Waals surface area contributed by atoms with Crippen LogP contribution in [0.4, 0.5) is 0 Å². The normalized spacial score (nSPS) is 11.1. The minimum atomic E-state index is -0.113. The maximum Gasteiger partial charge on any atom is 0.194 e. The number of hydrogen-bond donors (Lipinski definition) is 0. The molecule has 0 radical (unpaired) electrons. The van der Waals surface area contributed by atoms with Crippen molar-refractivity contribution in [3.05, 3.63) is 122 Å². The van der Waals surface area contributed by atoms with E-state index >= 15 is 0 Å². The van der Waals surface area contributed by atoms with Crippen molar-refractivity contribution >= 4 is 25.3 Å². The van der Waals surface area contributed by atoms with Gasteiger partial charge in [0.15, 0.2) is 20.0 Å². The van der Waals surface area contributed by atoms with Gasteiger partial charge in [0.05, 0.1) is 0 Å². The molecule has 4 heteroatoms. The van der Waals surface area contributed by atoms with Crippen LogP contribution in [0.5, 0.6) is 0 Å². The lowest BCUT2D eigenvalue weighted by molar-refractivity contribution is 0.103. The monoisotopic (exact) mass is 492 g/mol. The Morgan fingerprint density at radius 3 is 1.53 bits per heavy atom. The molecule has 0 heterocycles. The van der Waals surface area contributed by atoms with E-state index in [1.54, 1.807) is 24.3 Å². The lowest BCUT2D eigenvalue weighted by atomic mass is 9.86. The molecule has 3 nitrogen and oxygen atoms in total. The number of hydrogen-bond acceptors (Lipinski definition) is 3. The Morgan fingerprint density at radius 1 is 0.583 bits per heavy atom. The first kappa shape index (κ1) is 25.4. The Bertz CT molecular complexity index is 1480. The van der Waals surface area contributed by atoms with Crippen molar-refractivity contribution in [2.75, 3.05) is 0 Å². The van der Waals surface area contributed by atoms with Gasteiger partial charge in [0, 0.05) is 27.6 Å². The van der Waals surface area contributed by atoms with Crippen molar-refractivity contribution < 1.29 is 14.2 Å². The van der Waals surface area contributed by atoms with Crippen LogP contribution in [0, 0.1) is 41.5 Å². The van der Waals surface area contributed by atoms with E-state index < -0.39 is 0 Å². The summed E-state index contributed by atoms with van der Waals surface area (Å²) in [5.74, 6) is -0.207. The van der Waals surface area contributed by atoms with Crippen LogP contribution in [0.2, 0.25) is 0 Å². The van der Waals surface area contributed by atoms with Crippen molar-refractivity contribution in [1.82, 2.24) is 0 Å². The van der Waals surface area contributed by atoms with Gasteiger partial charge in [-0.3, -0.25) is 14.2 Å². The summed E-state index contributed by atoms with van der Waals surface area (Å²) in [5, 5.41) is 0.661. The number of ketones is 2. The van der Waals surface area contributed by atoms with E-state index in [9.17, 15) is 14.2 Å². The Morgan fingerprint density at radius 2 is 1.06 bits per heavy atom. The van der Waals surface area contributed by atoms with Crippen LogP contribution in [-0.4, -0.2) is 11.6 Å². The van der Waals surface area contributed by atoms with Crippen LogP contribution >= 0.6 is 8.46 Å². The average molecular weight is 493 g/mol. The van der Waals surface area contributed by atoms with Crippen molar-refractivity contribution in [3.63, 3.8) is 0 Å². The SMILES string of the molecule is Cc1cc(C)c(C(=O)c2ccc(-c3ccc(P=O)cc3)c(C(=O)c3c(C)cc(C)cc3C)c2)c(C)c1. The van der Waals surface area contributed by atoms with Gasteiger partial charge in [0.2, 0.25) is 0 Å². The van der Waals surface area contributed by atoms with Gasteiger partial charge in [0.1, 0.15) is 0 Å². The second-order valence-corrected chi connectivity index (χ2v) is 10.3. The molecule has 0 bridgehead atoms. The Hall–Kier alpha value is -3.68. The largest absolute Gasteiger partial charge is 0.289 e. The molecule has 0 fully saturated rings. The summed E-state index contributed by atoms with van der Waals surface area (Å²) in [6, 6.07) is 20.7. The molecular formula is C32H29O3P. The van der Waals surface area contributed by atoms with Crippen molar-refractivity contribution in [3.8, 4) is 11.1 Å². The van der Waals surface area contributed by atoms with E-state index in [1.165, 1.54) is 0 Å². The van der Waals surface area contributed by atoms with E-state index in [0.717, 1.165) is 44.5 Å². The third-order valence-corrected chi connectivity index (χ3v) is 7.13. The van der Waals surface area contributed by atoms with Crippen LogP contribution in [-0.2, 0) is 4.57 Å². The van der Waals surface area contributed by atoms with Gasteiger partial charge in [-0.25, -0.2) is 0 Å². The highest BCUT2D eigenvalue weighted by Gasteiger charge is 2.22. The van der Waals surface area contributed by atoms with Gasteiger partial charge >= 0.3 is 0 Å². The van der Waals surface area contributed by atoms with E-state index in [0.29, 0.717) is 27.6 Å². The third-order valence-electron chi connectivity index (χ3n) is 6.62. The number of benzene rings is 4. The van der Waals surface area contributed by atoms with E-state index in [-0.39, 0.29) is 20.0 Å². The molecule has 0 amide bonds. The fourth-order valence-electron chi connectivity index (χ4n) is 5.18. The highest BCUT2D eigenvalue weighted by atomic mass is 31.1. The highest BCUT2D eigenvalue weighted by Crippen LogP contribution is 2.31. The molecule has 4 rings (SSSR count). The molecule has 0 unspecified atom stereocenters. The number of rotatable bonds is 6. The van der Waals surface area contributed by atoms with Gasteiger partial charge in [-0.2, -0.15) is 0 Å². The van der Waals surface area contributed by atoms with E-state index in [1.807, 2.05) is 84.0 Å². The Kier molecular flexibility index (Phi) is 7.15. The zero-order valence-electron chi connectivity index (χ0n) is 21.5. The molecule has 180 valence electrons. The quantitative estimate of drug-likeness (QED) is 0.206. The average Bonchev–Trinajstić information content (AvgIpc) is 2.82. The van der Waals surface area contributed by atoms with Crippen LogP contribution in [0.1, 0.15) is 65.2 Å². The molecule has 0 atom stereocenters. The summed E-state index contributed by atoms with van der Waals surface area (Å²) in [7, 11) is -0.0530. The number of carbonyl (C=O) groups excluding carboxylic acids is 2. The molecule has 0 aliphatic carbocycles. The van der Waals surface area contributed by atoms with Crippen LogP contribution in [0.25, 0.3) is 11.1 Å². The minimum Gasteiger partial charge on any atom is -0.289 e. The molecule has 4 aromatic rings. The molecule has 0 aromatic heterocycles. The maximum atomic E-state index is 14.0. The molecule has 0 N–H and O–H groups in total. The summed E-state index contributed by atoms with van der Waals surface area (Å²) >= 11 is 0. The van der Waals surface area contributed by atoms with Crippen molar-refractivity contribution in [1.29, 1.82) is 0 Å². The first-order valence-corrected chi connectivity index (χ1v) is 12.7. The van der Waals surface area contributed by atoms with E-state index in [2.05, 4.69) is 0 Å². The Balaban J connectivity index is 1.92. The standard InChI is InChI=1S/C32H29O3P/c1-18-13-20(3)29(21(4)14-18)31(33)25-9-12-27(24-7-10-26(36-35)11-8-24)28(17-25)32(34)30-22(5)15-19(2)16-23(30)6/h7-17H,1-6H3. The number of aryl methyl sites for hydroxylation is 6. The fraction of sp³-hybridized carbons (Fsp3) is 0.188. The van der Waals surface area contributed by atoms with Crippen LogP contribution in [0.15, 0.2) is 66.7 Å². The molecule has 0 spiro atoms. The summed E-state index contributed by atoms with van der Waals surface area (Å²) in [6.07, 6.45) is 0. The minimum absolute atomic E-state index is 0.0530. The van der Waals surface area contributed by atoms with Crippen LogP contribution < -0.4 is 5.30 Å². The van der Waals surface area contributed by atoms with Gasteiger partial charge in [-0.15, -0.1) is 0 Å². The molecule has 0 saturated carbocycles. The first-order valence-electron chi connectivity index (χ1n) is 11.9. The summed E-state index contributed by atoms with van der Waals surface area (Å²) in [5.41, 5.74) is 9.73. The Labute approximate surface area is 214 Å². The smallest absolute Gasteiger partial charge is 0.194 e. The summed E-state index contributed by atoms with van der Waals surface area (Å²) in [4.78, 5) is 27.7. The van der Waals surface area contributed by atoms with Gasteiger partial charge in [-0.1, -0.05) is 59.7 Å². The second kappa shape index (κ2) is 10.1. The highest BCUT2D eigenvalue weighted by molar-refractivity contribution is 7.34. The van der Waals surface area contributed by atoms with Gasteiger partial charge in [-0.05, 0) is 93.1 Å². The predicted octanol–water partition coefficient (Wildman–Crippen LogP) is 7.58. The molecule has 0 aliphatic rings. The molecule has 4 aromatic carbocycles. The summed E-state index contributed by atoms with van der Waals surface area (Å²) < 4.78 is 11.3. The van der Waals surface area contributed by atoms with Crippen molar-refractivity contribution in [2.24, 2.45) is 0 Å². The molecular weight excluding hydrogens is 463 g/mol. The fourth-order valence-corrected chi connectivity index (χ4v) is 5.45. The zero-order valence-corrected chi connectivity index (χ0v) is 22.4. The number of carbonyl (C=O) groups is 2. The van der Waals surface area contributed by atoms with Gasteiger partial charge < -0.3 is 0 Å². The molecule has 0 aliphatic heterocycles. The molecule has 36 heavy (non-hydrogen) atoms. The topological polar surface area (TPSA) is 51.2 Å². The lowest BCUT2D eigenvalue weighted by Crippen LogP contribution is -2.12. The van der Waals surface area contributed by atoms with Gasteiger partial charge in [0.25, 0.3) is 0 Å². The molecule has 0 saturated heterocycles.